The molecule has 2 aliphatic rings. The standard InChI is InChI=1S/C8H17N2/c1-10(2)6-8(7-10)4-3-5-9-8/h9H,3-7H2,1-2H3/q+1. The van der Waals surface area contributed by atoms with Crippen LogP contribution >= 0.6 is 0 Å². The van der Waals surface area contributed by atoms with Crippen molar-refractivity contribution in [1.29, 1.82) is 0 Å². The molecule has 1 spiro atoms. The molecule has 2 fully saturated rings. The van der Waals surface area contributed by atoms with Crippen molar-refractivity contribution in [1.82, 2.24) is 5.32 Å². The molecule has 2 saturated heterocycles. The van der Waals surface area contributed by atoms with Gasteiger partial charge in [0.15, 0.2) is 0 Å². The van der Waals surface area contributed by atoms with Crippen LogP contribution < -0.4 is 5.32 Å². The molecule has 0 saturated carbocycles. The van der Waals surface area contributed by atoms with E-state index in [9.17, 15) is 0 Å². The Morgan fingerprint density at radius 1 is 1.30 bits per heavy atom. The third-order valence-corrected chi connectivity index (χ3v) is 2.79. The van der Waals surface area contributed by atoms with Gasteiger partial charge in [0, 0.05) is 0 Å². The molecule has 2 heteroatoms. The van der Waals surface area contributed by atoms with Crippen molar-refractivity contribution in [3.63, 3.8) is 0 Å². The summed E-state index contributed by atoms with van der Waals surface area (Å²) in [5, 5.41) is 3.61. The number of nitrogens with one attached hydrogen (secondary N) is 1. The first-order valence-corrected chi connectivity index (χ1v) is 4.19. The molecule has 0 atom stereocenters. The second-order valence-electron chi connectivity index (χ2n) is 4.56. The van der Waals surface area contributed by atoms with Crippen LogP contribution in [-0.4, -0.2) is 43.8 Å². The van der Waals surface area contributed by atoms with Crippen molar-refractivity contribution in [2.45, 2.75) is 18.4 Å². The maximum Gasteiger partial charge on any atom is 0.117 e. The van der Waals surface area contributed by atoms with E-state index in [-0.39, 0.29) is 0 Å². The zero-order valence-corrected chi connectivity index (χ0v) is 6.98. The lowest BCUT2D eigenvalue weighted by molar-refractivity contribution is -0.940. The minimum absolute atomic E-state index is 0.573. The van der Waals surface area contributed by atoms with Crippen molar-refractivity contribution < 1.29 is 4.48 Å². The van der Waals surface area contributed by atoms with Crippen LogP contribution in [0.15, 0.2) is 0 Å². The zero-order chi connectivity index (χ0) is 7.24. The molecule has 2 aliphatic heterocycles. The minimum atomic E-state index is 0.573. The molecule has 2 nitrogen and oxygen atoms in total. The molecule has 2 rings (SSSR count). The molecule has 0 aromatic heterocycles. The number of hydrogen-bond donors (Lipinski definition) is 1. The van der Waals surface area contributed by atoms with E-state index >= 15 is 0 Å². The van der Waals surface area contributed by atoms with E-state index in [2.05, 4.69) is 19.4 Å². The maximum absolute atomic E-state index is 3.61. The Hall–Kier alpha value is -0.0800. The van der Waals surface area contributed by atoms with Crippen molar-refractivity contribution >= 4 is 0 Å². The van der Waals surface area contributed by atoms with Gasteiger partial charge in [-0.15, -0.1) is 0 Å². The molecule has 0 aliphatic carbocycles. The summed E-state index contributed by atoms with van der Waals surface area (Å²) in [5.74, 6) is 0. The number of likely N-dealkylation sites (N-methyl/N-ethyl adjacent to an activating group) is 1. The number of rotatable bonds is 0. The lowest BCUT2D eigenvalue weighted by atomic mass is 9.86. The predicted octanol–water partition coefficient (Wildman–Crippen LogP) is 0.199. The lowest BCUT2D eigenvalue weighted by Crippen LogP contribution is -2.73. The van der Waals surface area contributed by atoms with E-state index in [1.54, 1.807) is 0 Å². The van der Waals surface area contributed by atoms with Crippen LogP contribution in [0.3, 0.4) is 0 Å². The van der Waals surface area contributed by atoms with Gasteiger partial charge in [-0.25, -0.2) is 0 Å². The second-order valence-corrected chi connectivity index (χ2v) is 4.56. The van der Waals surface area contributed by atoms with E-state index in [1.165, 1.54) is 37.0 Å². The van der Waals surface area contributed by atoms with Crippen LogP contribution in [0.25, 0.3) is 0 Å². The highest BCUT2D eigenvalue weighted by Gasteiger charge is 2.52. The van der Waals surface area contributed by atoms with E-state index < -0.39 is 0 Å². The van der Waals surface area contributed by atoms with Crippen LogP contribution in [0.2, 0.25) is 0 Å². The second kappa shape index (κ2) is 1.74. The SMILES string of the molecule is C[N+]1(C)CC2(CCCN2)C1. The summed E-state index contributed by atoms with van der Waals surface area (Å²) < 4.78 is 1.22. The lowest BCUT2D eigenvalue weighted by Gasteiger charge is -2.51. The van der Waals surface area contributed by atoms with Crippen molar-refractivity contribution in [2.24, 2.45) is 0 Å². The predicted molar refractivity (Wildman–Crippen MR) is 41.8 cm³/mol. The molecule has 0 radical (unpaired) electrons. The first-order chi connectivity index (χ1) is 4.62. The normalized spacial score (nSPS) is 34.2. The van der Waals surface area contributed by atoms with Crippen molar-refractivity contribution in [3.05, 3.63) is 0 Å². The van der Waals surface area contributed by atoms with E-state index in [0.717, 1.165) is 0 Å². The van der Waals surface area contributed by atoms with Crippen LogP contribution in [-0.2, 0) is 0 Å². The summed E-state index contributed by atoms with van der Waals surface area (Å²) in [6.45, 7) is 3.93. The summed E-state index contributed by atoms with van der Waals surface area (Å²) in [4.78, 5) is 0. The van der Waals surface area contributed by atoms with Gasteiger partial charge in [-0.2, -0.15) is 0 Å². The molecule has 0 aromatic carbocycles. The Kier molecular flexibility index (Phi) is 1.15. The van der Waals surface area contributed by atoms with Gasteiger partial charge >= 0.3 is 0 Å². The Balaban J connectivity index is 1.98. The van der Waals surface area contributed by atoms with Gasteiger partial charge in [-0.05, 0) is 19.4 Å². The van der Waals surface area contributed by atoms with Crippen molar-refractivity contribution in [3.8, 4) is 0 Å². The maximum atomic E-state index is 3.61. The van der Waals surface area contributed by atoms with E-state index in [1.807, 2.05) is 0 Å². The average molecular weight is 141 g/mol. The molecular formula is C8H17N2+. The topological polar surface area (TPSA) is 12.0 Å². The molecule has 58 valence electrons. The third kappa shape index (κ3) is 0.867. The third-order valence-electron chi connectivity index (χ3n) is 2.79. The highest BCUT2D eigenvalue weighted by atomic mass is 15.4. The first-order valence-electron chi connectivity index (χ1n) is 4.19. The highest BCUT2D eigenvalue weighted by molar-refractivity contribution is 4.98. The van der Waals surface area contributed by atoms with Crippen LogP contribution in [0.1, 0.15) is 12.8 Å². The number of likely N-dealkylation sites (tertiary alicyclic amines) is 1. The van der Waals surface area contributed by atoms with Gasteiger partial charge in [0.05, 0.1) is 14.1 Å². The number of hydrogen-bond acceptors (Lipinski definition) is 1. The Labute approximate surface area is 62.8 Å². The molecule has 1 N–H and O–H groups in total. The van der Waals surface area contributed by atoms with Gasteiger partial charge in [0.25, 0.3) is 0 Å². The van der Waals surface area contributed by atoms with E-state index in [4.69, 9.17) is 0 Å². The van der Waals surface area contributed by atoms with Crippen LogP contribution in [0, 0.1) is 0 Å². The molecule has 0 unspecified atom stereocenters. The largest absolute Gasteiger partial charge is 0.325 e. The fourth-order valence-corrected chi connectivity index (χ4v) is 2.73. The Morgan fingerprint density at radius 3 is 2.40 bits per heavy atom. The first kappa shape index (κ1) is 6.62. The fraction of sp³-hybridized carbons (Fsp3) is 1.00. The molecular weight excluding hydrogens is 124 g/mol. The Bertz CT molecular complexity index is 135. The Morgan fingerprint density at radius 2 is 2.00 bits per heavy atom. The highest BCUT2D eigenvalue weighted by Crippen LogP contribution is 2.32. The monoisotopic (exact) mass is 141 g/mol. The van der Waals surface area contributed by atoms with Gasteiger partial charge in [0.1, 0.15) is 18.6 Å². The van der Waals surface area contributed by atoms with Crippen molar-refractivity contribution in [2.75, 3.05) is 33.7 Å². The van der Waals surface area contributed by atoms with Crippen LogP contribution in [0.5, 0.6) is 0 Å². The van der Waals surface area contributed by atoms with Gasteiger partial charge in [0.2, 0.25) is 0 Å². The quantitative estimate of drug-likeness (QED) is 0.475. The molecule has 0 bridgehead atoms. The number of quaternary nitrogens is 1. The van der Waals surface area contributed by atoms with E-state index in [0.29, 0.717) is 5.54 Å². The summed E-state index contributed by atoms with van der Waals surface area (Å²) in [5.41, 5.74) is 0.573. The molecule has 0 amide bonds. The minimum Gasteiger partial charge on any atom is -0.325 e. The van der Waals surface area contributed by atoms with Crippen LogP contribution in [0.4, 0.5) is 0 Å². The zero-order valence-electron chi connectivity index (χ0n) is 6.98. The number of nitrogens with zero attached hydrogens (tertiary/aromatic N) is 1. The summed E-state index contributed by atoms with van der Waals surface area (Å²) in [7, 11) is 4.62. The molecule has 10 heavy (non-hydrogen) atoms. The molecule has 0 aromatic rings. The van der Waals surface area contributed by atoms with Gasteiger partial charge in [-0.3, -0.25) is 0 Å². The summed E-state index contributed by atoms with van der Waals surface area (Å²) in [6.07, 6.45) is 2.80. The fourth-order valence-electron chi connectivity index (χ4n) is 2.73. The summed E-state index contributed by atoms with van der Waals surface area (Å²) in [6, 6.07) is 0. The van der Waals surface area contributed by atoms with Gasteiger partial charge < -0.3 is 9.80 Å². The smallest absolute Gasteiger partial charge is 0.117 e. The average Bonchev–Trinajstić information content (AvgIpc) is 2.10. The van der Waals surface area contributed by atoms with Gasteiger partial charge in [-0.1, -0.05) is 0 Å². The summed E-state index contributed by atoms with van der Waals surface area (Å²) >= 11 is 0. The molecule has 2 heterocycles.